The van der Waals surface area contributed by atoms with Crippen LogP contribution in [0.2, 0.25) is 0 Å². The summed E-state index contributed by atoms with van der Waals surface area (Å²) < 4.78 is 0.468. The number of nitrogens with zero attached hydrogens (tertiary/aromatic N) is 1. The Morgan fingerprint density at radius 2 is 0.920 bits per heavy atom. The van der Waals surface area contributed by atoms with Crippen molar-refractivity contribution < 1.29 is 0 Å². The number of anilines is 8. The molecular formula is C14H16IN9O. The minimum atomic E-state index is -0.0689. The highest BCUT2D eigenvalue weighted by atomic mass is 127. The molecule has 0 fully saturated rings. The van der Waals surface area contributed by atoms with E-state index < -0.39 is 0 Å². The molecule has 0 bridgehead atoms. The lowest BCUT2D eigenvalue weighted by atomic mass is 9.92. The van der Waals surface area contributed by atoms with Crippen LogP contribution in [0.4, 0.5) is 51.2 Å². The molecule has 11 heteroatoms. The van der Waals surface area contributed by atoms with E-state index in [4.69, 9.17) is 45.9 Å². The number of benzene rings is 3. The summed E-state index contributed by atoms with van der Waals surface area (Å²) in [5, 5.41) is 4.33. The molecule has 3 aromatic rings. The lowest BCUT2D eigenvalue weighted by Crippen LogP contribution is -2.09. The second kappa shape index (κ2) is 5.20. The first-order valence-corrected chi connectivity index (χ1v) is 7.98. The monoisotopic (exact) mass is 453 g/mol. The van der Waals surface area contributed by atoms with Gasteiger partial charge in [0.2, 0.25) is 0 Å². The predicted molar refractivity (Wildman–Crippen MR) is 115 cm³/mol. The lowest BCUT2D eigenvalue weighted by molar-refractivity contribution is 1.54. The van der Waals surface area contributed by atoms with E-state index in [2.05, 4.69) is 5.18 Å². The lowest BCUT2D eigenvalue weighted by Gasteiger charge is -2.21. The highest BCUT2D eigenvalue weighted by Gasteiger charge is 2.26. The summed E-state index contributed by atoms with van der Waals surface area (Å²) in [7, 11) is 0. The number of fused-ring (bicyclic) bond motifs is 3. The van der Waals surface area contributed by atoms with Crippen LogP contribution in [0, 0.1) is 8.48 Å². The summed E-state index contributed by atoms with van der Waals surface area (Å²) in [4.78, 5) is 11.5. The van der Waals surface area contributed by atoms with Gasteiger partial charge in [-0.25, -0.2) is 0 Å². The largest absolute Gasteiger partial charge is 0.396 e. The van der Waals surface area contributed by atoms with Gasteiger partial charge in [0.1, 0.15) is 5.69 Å². The SMILES string of the molecule is Nc1c(N)c(N)c2c(c1N)c(N)c(N=O)c1c(I)c(N)c(N)c(N)c12. The number of halogens is 1. The Bertz CT molecular complexity index is 1110. The van der Waals surface area contributed by atoms with Gasteiger partial charge in [0.25, 0.3) is 0 Å². The van der Waals surface area contributed by atoms with Crippen molar-refractivity contribution >= 4 is 95.3 Å². The van der Waals surface area contributed by atoms with Crippen LogP contribution in [0.25, 0.3) is 21.5 Å². The molecule has 0 spiro atoms. The Balaban J connectivity index is 2.90. The molecular weight excluding hydrogens is 437 g/mol. The standard InChI is InChI=1S/C14H16IN9O/c15-5-3-1(6(16)11(21)10(5)20)2-4(9(19)14(3)24-25)8(18)13(23)12(22)7(2)17/h16-23H2. The number of nitrogens with two attached hydrogens (primary N) is 8. The summed E-state index contributed by atoms with van der Waals surface area (Å²) in [6, 6.07) is 0. The average Bonchev–Trinajstić information content (AvgIpc) is 2.59. The molecule has 0 saturated carbocycles. The Morgan fingerprint density at radius 3 is 1.40 bits per heavy atom. The second-order valence-corrected chi connectivity index (χ2v) is 6.64. The molecule has 25 heavy (non-hydrogen) atoms. The Labute approximate surface area is 154 Å². The van der Waals surface area contributed by atoms with Crippen LogP contribution in [0.3, 0.4) is 0 Å². The maximum Gasteiger partial charge on any atom is 0.140 e. The van der Waals surface area contributed by atoms with Gasteiger partial charge in [-0.15, -0.1) is 4.91 Å². The van der Waals surface area contributed by atoms with Gasteiger partial charge in [-0.05, 0) is 27.8 Å². The van der Waals surface area contributed by atoms with Crippen LogP contribution in [0.15, 0.2) is 5.18 Å². The third-order valence-corrected chi connectivity index (χ3v) is 5.44. The number of hydrogen-bond donors (Lipinski definition) is 8. The number of nitroso groups, excluding NO2 is 1. The van der Waals surface area contributed by atoms with Gasteiger partial charge in [0.15, 0.2) is 0 Å². The fraction of sp³-hybridized carbons (Fsp3) is 0. The fourth-order valence-corrected chi connectivity index (χ4v) is 3.79. The van der Waals surface area contributed by atoms with Crippen molar-refractivity contribution in [3.05, 3.63) is 8.48 Å². The summed E-state index contributed by atoms with van der Waals surface area (Å²) in [5.41, 5.74) is 49.2. The van der Waals surface area contributed by atoms with Crippen molar-refractivity contribution in [1.29, 1.82) is 0 Å². The van der Waals surface area contributed by atoms with E-state index >= 15 is 0 Å². The molecule has 130 valence electrons. The molecule has 3 aromatic carbocycles. The number of hydrogen-bond acceptors (Lipinski definition) is 10. The maximum atomic E-state index is 11.5. The first-order valence-electron chi connectivity index (χ1n) is 6.90. The van der Waals surface area contributed by atoms with Gasteiger partial charge < -0.3 is 45.9 Å². The van der Waals surface area contributed by atoms with E-state index in [0.29, 0.717) is 19.7 Å². The molecule has 0 aliphatic carbocycles. The Morgan fingerprint density at radius 1 is 0.520 bits per heavy atom. The molecule has 0 atom stereocenters. The van der Waals surface area contributed by atoms with E-state index in [0.717, 1.165) is 0 Å². The molecule has 0 heterocycles. The maximum absolute atomic E-state index is 11.5. The molecule has 0 saturated heterocycles. The molecule has 0 aliphatic heterocycles. The van der Waals surface area contributed by atoms with Crippen molar-refractivity contribution in [3.8, 4) is 0 Å². The topological polar surface area (TPSA) is 238 Å². The van der Waals surface area contributed by atoms with E-state index in [1.165, 1.54) is 0 Å². The zero-order chi connectivity index (χ0) is 18.8. The van der Waals surface area contributed by atoms with Crippen molar-refractivity contribution in [2.24, 2.45) is 5.18 Å². The zero-order valence-corrected chi connectivity index (χ0v) is 15.0. The molecule has 0 amide bonds. The second-order valence-electron chi connectivity index (χ2n) is 5.56. The molecule has 0 unspecified atom stereocenters. The third kappa shape index (κ3) is 1.89. The molecule has 0 radical (unpaired) electrons. The van der Waals surface area contributed by atoms with Gasteiger partial charge in [0, 0.05) is 25.1 Å². The van der Waals surface area contributed by atoms with Crippen molar-refractivity contribution in [1.82, 2.24) is 0 Å². The highest BCUT2D eigenvalue weighted by molar-refractivity contribution is 14.1. The van der Waals surface area contributed by atoms with Crippen LogP contribution in [-0.2, 0) is 0 Å². The first kappa shape index (κ1) is 16.8. The number of nitrogen functional groups attached to an aromatic ring is 8. The third-order valence-electron chi connectivity index (χ3n) is 4.32. The van der Waals surface area contributed by atoms with Crippen LogP contribution >= 0.6 is 22.6 Å². The van der Waals surface area contributed by atoms with Crippen LogP contribution in [0.5, 0.6) is 0 Å². The first-order chi connectivity index (χ1) is 11.6. The Kier molecular flexibility index (Phi) is 3.49. The zero-order valence-electron chi connectivity index (χ0n) is 12.9. The molecule has 0 aromatic heterocycles. The van der Waals surface area contributed by atoms with Crippen molar-refractivity contribution in [2.45, 2.75) is 0 Å². The molecule has 10 nitrogen and oxygen atoms in total. The Hall–Kier alpha value is -3.09. The van der Waals surface area contributed by atoms with Gasteiger partial charge in [-0.2, -0.15) is 0 Å². The normalized spacial score (nSPS) is 11.2. The van der Waals surface area contributed by atoms with Gasteiger partial charge in [-0.3, -0.25) is 0 Å². The van der Waals surface area contributed by atoms with E-state index in [1.807, 2.05) is 22.6 Å². The van der Waals surface area contributed by atoms with Gasteiger partial charge in [-0.1, -0.05) is 0 Å². The summed E-state index contributed by atoms with van der Waals surface area (Å²) in [6.07, 6.45) is 0. The van der Waals surface area contributed by atoms with Crippen molar-refractivity contribution in [2.75, 3.05) is 45.9 Å². The molecule has 16 N–H and O–H groups in total. The van der Waals surface area contributed by atoms with Crippen molar-refractivity contribution in [3.63, 3.8) is 0 Å². The highest BCUT2D eigenvalue weighted by Crippen LogP contribution is 2.53. The number of rotatable bonds is 1. The molecule has 3 rings (SSSR count). The van der Waals surface area contributed by atoms with E-state index in [1.54, 1.807) is 0 Å². The minimum absolute atomic E-state index is 0.00916. The minimum Gasteiger partial charge on any atom is -0.396 e. The fourth-order valence-electron chi connectivity index (χ4n) is 2.98. The summed E-state index contributed by atoms with van der Waals surface area (Å²) in [5.74, 6) is 0. The van der Waals surface area contributed by atoms with E-state index in [-0.39, 0.29) is 56.6 Å². The van der Waals surface area contributed by atoms with Crippen LogP contribution in [-0.4, -0.2) is 0 Å². The quantitative estimate of drug-likeness (QED) is 0.115. The molecule has 0 aliphatic rings. The average molecular weight is 453 g/mol. The predicted octanol–water partition coefficient (Wildman–Crippen LogP) is 1.65. The van der Waals surface area contributed by atoms with E-state index in [9.17, 15) is 4.91 Å². The van der Waals surface area contributed by atoms with Crippen LogP contribution < -0.4 is 45.9 Å². The van der Waals surface area contributed by atoms with Crippen LogP contribution in [0.1, 0.15) is 0 Å². The van der Waals surface area contributed by atoms with Gasteiger partial charge >= 0.3 is 0 Å². The van der Waals surface area contributed by atoms with Gasteiger partial charge in [0.05, 0.1) is 45.5 Å². The summed E-state index contributed by atoms with van der Waals surface area (Å²) in [6.45, 7) is 0. The summed E-state index contributed by atoms with van der Waals surface area (Å²) >= 11 is 1.94. The smallest absolute Gasteiger partial charge is 0.140 e.